The molecule has 1 aliphatic carbocycles. The maximum absolute atomic E-state index is 5.99. The third-order valence-corrected chi connectivity index (χ3v) is 4.13. The summed E-state index contributed by atoms with van der Waals surface area (Å²) >= 11 is 0. The van der Waals surface area contributed by atoms with Crippen LogP contribution in [0.4, 0.5) is 0 Å². The van der Waals surface area contributed by atoms with Crippen molar-refractivity contribution in [3.8, 4) is 0 Å². The van der Waals surface area contributed by atoms with E-state index in [0.717, 1.165) is 25.7 Å². The fourth-order valence-electron chi connectivity index (χ4n) is 3.08. The number of hydrogen-bond acceptors (Lipinski definition) is 3. The second-order valence-corrected chi connectivity index (χ2v) is 5.63. The molecule has 1 N–H and O–H groups in total. The van der Waals surface area contributed by atoms with Gasteiger partial charge in [0.25, 0.3) is 0 Å². The van der Waals surface area contributed by atoms with Gasteiger partial charge in [-0.05, 0) is 57.9 Å². The van der Waals surface area contributed by atoms with Crippen LogP contribution in [0.5, 0.6) is 0 Å². The third kappa shape index (κ3) is 4.22. The number of hydrogen-bond donors (Lipinski definition) is 1. The quantitative estimate of drug-likeness (QED) is 0.687. The van der Waals surface area contributed by atoms with Crippen LogP contribution in [0.15, 0.2) is 0 Å². The van der Waals surface area contributed by atoms with E-state index in [-0.39, 0.29) is 0 Å². The molecule has 2 aliphatic rings. The maximum atomic E-state index is 5.99. The molecule has 3 unspecified atom stereocenters. The predicted molar refractivity (Wildman–Crippen MR) is 73.8 cm³/mol. The topological polar surface area (TPSA) is 30.5 Å². The number of nitrogens with one attached hydrogen (secondary N) is 1. The van der Waals surface area contributed by atoms with Crippen LogP contribution in [-0.2, 0) is 9.47 Å². The lowest BCUT2D eigenvalue weighted by Crippen LogP contribution is -2.43. The van der Waals surface area contributed by atoms with Crippen LogP contribution in [0.1, 0.15) is 52.4 Å². The first-order valence-corrected chi connectivity index (χ1v) is 7.81. The van der Waals surface area contributed by atoms with E-state index in [2.05, 4.69) is 19.2 Å². The van der Waals surface area contributed by atoms with Crippen molar-refractivity contribution in [2.24, 2.45) is 5.92 Å². The minimum atomic E-state index is 0.427. The molecule has 3 atom stereocenters. The van der Waals surface area contributed by atoms with Gasteiger partial charge in [0, 0.05) is 19.3 Å². The van der Waals surface area contributed by atoms with Crippen molar-refractivity contribution < 1.29 is 9.47 Å². The summed E-state index contributed by atoms with van der Waals surface area (Å²) in [5, 5.41) is 3.63. The zero-order valence-electron chi connectivity index (χ0n) is 12.0. The van der Waals surface area contributed by atoms with Crippen molar-refractivity contribution >= 4 is 0 Å². The molecule has 3 nitrogen and oxygen atoms in total. The van der Waals surface area contributed by atoms with Gasteiger partial charge in [0.2, 0.25) is 0 Å². The lowest BCUT2D eigenvalue weighted by molar-refractivity contribution is 0.0119. The Morgan fingerprint density at radius 1 is 1.28 bits per heavy atom. The summed E-state index contributed by atoms with van der Waals surface area (Å²) in [4.78, 5) is 0. The van der Waals surface area contributed by atoms with E-state index in [4.69, 9.17) is 9.47 Å². The van der Waals surface area contributed by atoms with E-state index in [1.165, 1.54) is 38.5 Å². The summed E-state index contributed by atoms with van der Waals surface area (Å²) in [5.74, 6) is 0.804. The van der Waals surface area contributed by atoms with E-state index in [1.807, 2.05) is 0 Å². The highest BCUT2D eigenvalue weighted by Gasteiger charge is 2.37. The van der Waals surface area contributed by atoms with E-state index >= 15 is 0 Å². The van der Waals surface area contributed by atoms with Crippen molar-refractivity contribution in [1.29, 1.82) is 0 Å². The Labute approximate surface area is 112 Å². The van der Waals surface area contributed by atoms with Crippen molar-refractivity contribution in [3.63, 3.8) is 0 Å². The van der Waals surface area contributed by atoms with Crippen molar-refractivity contribution in [2.75, 3.05) is 19.8 Å². The first-order valence-electron chi connectivity index (χ1n) is 7.81. The van der Waals surface area contributed by atoms with Gasteiger partial charge in [0.1, 0.15) is 0 Å². The first kappa shape index (κ1) is 14.3. The van der Waals surface area contributed by atoms with Crippen molar-refractivity contribution in [1.82, 2.24) is 5.32 Å². The largest absolute Gasteiger partial charge is 0.378 e. The zero-order chi connectivity index (χ0) is 12.8. The van der Waals surface area contributed by atoms with E-state index < -0.39 is 0 Å². The molecule has 3 heteroatoms. The Morgan fingerprint density at radius 2 is 2.11 bits per heavy atom. The Balaban J connectivity index is 1.80. The van der Waals surface area contributed by atoms with E-state index in [0.29, 0.717) is 18.2 Å². The molecular formula is C15H29NO2. The lowest BCUT2D eigenvalue weighted by atomic mass is 9.98. The van der Waals surface area contributed by atoms with Gasteiger partial charge in [0.05, 0.1) is 12.2 Å². The summed E-state index contributed by atoms with van der Waals surface area (Å²) in [5.41, 5.74) is 0. The molecule has 2 fully saturated rings. The molecule has 2 rings (SSSR count). The molecule has 106 valence electrons. The highest BCUT2D eigenvalue weighted by atomic mass is 16.5. The normalized spacial score (nSPS) is 27.3. The molecular weight excluding hydrogens is 226 g/mol. The first-order chi connectivity index (χ1) is 8.85. The third-order valence-electron chi connectivity index (χ3n) is 4.13. The van der Waals surface area contributed by atoms with Gasteiger partial charge in [-0.1, -0.05) is 6.92 Å². The molecule has 18 heavy (non-hydrogen) atoms. The average Bonchev–Trinajstić information content (AvgIpc) is 3.08. The minimum absolute atomic E-state index is 0.427. The van der Waals surface area contributed by atoms with E-state index in [9.17, 15) is 0 Å². The molecule has 1 saturated heterocycles. The summed E-state index contributed by atoms with van der Waals surface area (Å²) in [6.07, 6.45) is 8.52. The molecule has 1 heterocycles. The molecule has 1 aliphatic heterocycles. The van der Waals surface area contributed by atoms with Gasteiger partial charge in [-0.25, -0.2) is 0 Å². The van der Waals surface area contributed by atoms with Crippen LogP contribution in [0.3, 0.4) is 0 Å². The summed E-state index contributed by atoms with van der Waals surface area (Å²) < 4.78 is 11.7. The van der Waals surface area contributed by atoms with Gasteiger partial charge in [-0.15, -0.1) is 0 Å². The average molecular weight is 255 g/mol. The van der Waals surface area contributed by atoms with E-state index in [1.54, 1.807) is 0 Å². The standard InChI is InChI=1S/C15H29NO2/c1-3-16-14(10-9-13-6-5-11-18-13)15(17-4-2)12-7-8-12/h12-16H,3-11H2,1-2H3. The summed E-state index contributed by atoms with van der Waals surface area (Å²) in [6, 6.07) is 0.520. The van der Waals surface area contributed by atoms with Gasteiger partial charge in [0.15, 0.2) is 0 Å². The number of likely N-dealkylation sites (N-methyl/N-ethyl adjacent to an activating group) is 1. The van der Waals surface area contributed by atoms with Gasteiger partial charge >= 0.3 is 0 Å². The van der Waals surface area contributed by atoms with Crippen LogP contribution in [0, 0.1) is 5.92 Å². The maximum Gasteiger partial charge on any atom is 0.0755 e. The Kier molecular flexibility index (Phi) is 5.93. The Morgan fingerprint density at radius 3 is 2.67 bits per heavy atom. The highest BCUT2D eigenvalue weighted by Crippen LogP contribution is 2.37. The molecule has 0 radical (unpaired) electrons. The Hall–Kier alpha value is -0.120. The summed E-state index contributed by atoms with van der Waals surface area (Å²) in [6.45, 7) is 7.14. The van der Waals surface area contributed by atoms with Crippen LogP contribution in [0.25, 0.3) is 0 Å². The molecule has 0 aromatic heterocycles. The molecule has 0 spiro atoms. The van der Waals surface area contributed by atoms with Crippen LogP contribution >= 0.6 is 0 Å². The van der Waals surface area contributed by atoms with Crippen molar-refractivity contribution in [2.45, 2.75) is 70.6 Å². The predicted octanol–water partition coefficient (Wildman–Crippen LogP) is 2.74. The molecule has 0 bridgehead atoms. The molecule has 0 aromatic rings. The fraction of sp³-hybridized carbons (Fsp3) is 1.00. The second-order valence-electron chi connectivity index (χ2n) is 5.63. The Bertz CT molecular complexity index is 225. The highest BCUT2D eigenvalue weighted by molar-refractivity contribution is 4.90. The number of rotatable bonds is 9. The second kappa shape index (κ2) is 7.46. The number of ether oxygens (including phenoxy) is 2. The smallest absolute Gasteiger partial charge is 0.0755 e. The monoisotopic (exact) mass is 255 g/mol. The van der Waals surface area contributed by atoms with Gasteiger partial charge in [-0.3, -0.25) is 0 Å². The lowest BCUT2D eigenvalue weighted by Gasteiger charge is -2.28. The zero-order valence-corrected chi connectivity index (χ0v) is 12.0. The van der Waals surface area contributed by atoms with Gasteiger partial charge < -0.3 is 14.8 Å². The van der Waals surface area contributed by atoms with Gasteiger partial charge in [-0.2, -0.15) is 0 Å². The fourth-order valence-corrected chi connectivity index (χ4v) is 3.08. The van der Waals surface area contributed by atoms with Crippen LogP contribution < -0.4 is 5.32 Å². The van der Waals surface area contributed by atoms with Crippen molar-refractivity contribution in [3.05, 3.63) is 0 Å². The van der Waals surface area contributed by atoms with Crippen LogP contribution in [-0.4, -0.2) is 38.0 Å². The molecule has 0 amide bonds. The summed E-state index contributed by atoms with van der Waals surface area (Å²) in [7, 11) is 0. The minimum Gasteiger partial charge on any atom is -0.378 e. The molecule has 0 aromatic carbocycles. The SMILES string of the molecule is CCNC(CCC1CCCO1)C(OCC)C1CC1. The molecule has 1 saturated carbocycles. The van der Waals surface area contributed by atoms with Crippen LogP contribution in [0.2, 0.25) is 0 Å².